The summed E-state index contributed by atoms with van der Waals surface area (Å²) in [6.45, 7) is 11.1. The Hall–Kier alpha value is -1.32. The summed E-state index contributed by atoms with van der Waals surface area (Å²) in [4.78, 5) is 25.6. The van der Waals surface area contributed by atoms with Gasteiger partial charge in [-0.25, -0.2) is 0 Å². The molecule has 1 unspecified atom stereocenters. The molecule has 4 nitrogen and oxygen atoms in total. The van der Waals surface area contributed by atoms with Crippen LogP contribution >= 0.6 is 0 Å². The van der Waals surface area contributed by atoms with Gasteiger partial charge in [0.25, 0.3) is 0 Å². The van der Waals surface area contributed by atoms with E-state index in [0.717, 1.165) is 31.4 Å². The van der Waals surface area contributed by atoms with Crippen molar-refractivity contribution >= 4 is 11.7 Å². The first-order valence-corrected chi connectivity index (χ1v) is 11.8. The highest BCUT2D eigenvalue weighted by molar-refractivity contribution is 5.96. The summed E-state index contributed by atoms with van der Waals surface area (Å²) >= 11 is 0. The average Bonchev–Trinajstić information content (AvgIpc) is 2.98. The molecule has 0 aromatic rings. The molecule has 3 saturated carbocycles. The lowest BCUT2D eigenvalue weighted by Crippen LogP contribution is -2.54. The van der Waals surface area contributed by atoms with Crippen molar-refractivity contribution in [3.63, 3.8) is 0 Å². The summed E-state index contributed by atoms with van der Waals surface area (Å²) < 4.78 is 0. The van der Waals surface area contributed by atoms with Gasteiger partial charge in [-0.3, -0.25) is 9.59 Å². The van der Waals surface area contributed by atoms with Gasteiger partial charge in [0.15, 0.2) is 5.78 Å². The quantitative estimate of drug-likeness (QED) is 0.712. The fourth-order valence-electron chi connectivity index (χ4n) is 7.89. The number of carbonyl (C=O) groups excluding carboxylic acids is 2. The fraction of sp³-hybridized carbons (Fsp3) is 0.840. The van der Waals surface area contributed by atoms with Gasteiger partial charge >= 0.3 is 0 Å². The first-order valence-electron chi connectivity index (χ1n) is 11.8. The molecule has 6 atom stereocenters. The van der Waals surface area contributed by atoms with Crippen molar-refractivity contribution in [2.45, 2.75) is 91.5 Å². The maximum absolute atomic E-state index is 13.1. The van der Waals surface area contributed by atoms with Crippen LogP contribution in [-0.2, 0) is 9.59 Å². The van der Waals surface area contributed by atoms with E-state index in [1.165, 1.54) is 24.8 Å². The molecule has 0 aliphatic heterocycles. The van der Waals surface area contributed by atoms with Gasteiger partial charge in [0.2, 0.25) is 5.91 Å². The summed E-state index contributed by atoms with van der Waals surface area (Å²) in [5.74, 6) is 2.72. The van der Waals surface area contributed by atoms with Gasteiger partial charge in [-0.15, -0.1) is 0 Å². The van der Waals surface area contributed by atoms with Crippen molar-refractivity contribution in [3.8, 4) is 0 Å². The highest BCUT2D eigenvalue weighted by Crippen LogP contribution is 2.66. The molecule has 4 aliphatic rings. The number of carbonyl (C=O) groups is 2. The zero-order valence-electron chi connectivity index (χ0n) is 19.3. The summed E-state index contributed by atoms with van der Waals surface area (Å²) in [5, 5.41) is 6.52. The van der Waals surface area contributed by atoms with E-state index < -0.39 is 0 Å². The Labute approximate surface area is 176 Å². The van der Waals surface area contributed by atoms with Crippen molar-refractivity contribution < 1.29 is 9.59 Å². The van der Waals surface area contributed by atoms with Gasteiger partial charge in [0, 0.05) is 24.9 Å². The second kappa shape index (κ2) is 6.85. The molecular formula is C25H40N2O2. The molecule has 0 aromatic carbocycles. The summed E-state index contributed by atoms with van der Waals surface area (Å²) in [6, 6.07) is 0. The molecule has 4 heteroatoms. The minimum absolute atomic E-state index is 0.129. The third-order valence-electron chi connectivity index (χ3n) is 9.19. The zero-order valence-corrected chi connectivity index (χ0v) is 19.3. The third-order valence-corrected chi connectivity index (χ3v) is 9.19. The molecule has 2 N–H and O–H groups in total. The monoisotopic (exact) mass is 400 g/mol. The summed E-state index contributed by atoms with van der Waals surface area (Å²) in [6.07, 6.45) is 8.48. The van der Waals surface area contributed by atoms with E-state index >= 15 is 0 Å². The highest BCUT2D eigenvalue weighted by atomic mass is 16.2. The lowest BCUT2D eigenvalue weighted by Gasteiger charge is -2.58. The van der Waals surface area contributed by atoms with Gasteiger partial charge in [0.1, 0.15) is 0 Å². The third kappa shape index (κ3) is 3.16. The van der Waals surface area contributed by atoms with Crippen molar-refractivity contribution in [3.05, 3.63) is 11.3 Å². The van der Waals surface area contributed by atoms with E-state index in [0.29, 0.717) is 30.0 Å². The van der Waals surface area contributed by atoms with E-state index in [1.807, 2.05) is 7.05 Å². The van der Waals surface area contributed by atoms with Crippen LogP contribution < -0.4 is 10.6 Å². The Kier molecular flexibility index (Phi) is 4.94. The van der Waals surface area contributed by atoms with Crippen molar-refractivity contribution in [1.82, 2.24) is 10.6 Å². The largest absolute Gasteiger partial charge is 0.385 e. The van der Waals surface area contributed by atoms with Crippen LogP contribution in [0.25, 0.3) is 0 Å². The first kappa shape index (κ1) is 20.9. The van der Waals surface area contributed by atoms with E-state index in [1.54, 1.807) is 0 Å². The number of nitrogens with one attached hydrogen (secondary N) is 2. The number of Topliss-reactive ketones (excluding diaryl/α,β-unsaturated/α-hetero) is 1. The Morgan fingerprint density at radius 2 is 1.72 bits per heavy atom. The minimum atomic E-state index is -0.168. The lowest BCUT2D eigenvalue weighted by atomic mass is 9.46. The maximum Gasteiger partial charge on any atom is 0.224 e. The predicted octanol–water partition coefficient (Wildman–Crippen LogP) is 4.60. The molecule has 0 bridgehead atoms. The number of allylic oxidation sites excluding steroid dienone is 1. The second-order valence-electron chi connectivity index (χ2n) is 11.8. The van der Waals surface area contributed by atoms with E-state index in [2.05, 4.69) is 45.3 Å². The van der Waals surface area contributed by atoms with Gasteiger partial charge in [-0.2, -0.15) is 0 Å². The van der Waals surface area contributed by atoms with E-state index in [9.17, 15) is 9.59 Å². The molecular weight excluding hydrogens is 360 g/mol. The van der Waals surface area contributed by atoms with Gasteiger partial charge in [0.05, 0.1) is 5.70 Å². The van der Waals surface area contributed by atoms with Crippen LogP contribution in [0.1, 0.15) is 86.0 Å². The number of rotatable bonds is 2. The molecule has 0 aromatic heterocycles. The standard InChI is InChI=1S/C25H40N2O2/c1-23(2,3)27-22(29)19-10-9-16-15-7-8-18-21(26-6)20(28)12-14-24(18,4)17(15)11-13-25(16,19)5/h15-17,19,26H,7-14H2,1-6H3,(H,27,29)/t15-,16-,17+,19?,24+,25-/m0/s1. The molecule has 3 fully saturated rings. The number of hydrogen-bond donors (Lipinski definition) is 2. The zero-order chi connectivity index (χ0) is 21.2. The lowest BCUT2D eigenvalue weighted by molar-refractivity contribution is -0.134. The van der Waals surface area contributed by atoms with Crippen LogP contribution in [-0.4, -0.2) is 24.3 Å². The molecule has 0 spiro atoms. The minimum Gasteiger partial charge on any atom is -0.385 e. The normalized spacial score (nSPS) is 42.1. The maximum atomic E-state index is 13.1. The smallest absolute Gasteiger partial charge is 0.224 e. The van der Waals surface area contributed by atoms with E-state index in [-0.39, 0.29) is 28.2 Å². The molecule has 0 heterocycles. The molecule has 29 heavy (non-hydrogen) atoms. The van der Waals surface area contributed by atoms with Crippen LogP contribution in [0.3, 0.4) is 0 Å². The molecule has 4 aliphatic carbocycles. The average molecular weight is 401 g/mol. The topological polar surface area (TPSA) is 58.2 Å². The molecule has 1 amide bonds. The first-order chi connectivity index (χ1) is 13.5. The van der Waals surface area contributed by atoms with Crippen LogP contribution in [0.4, 0.5) is 0 Å². The van der Waals surface area contributed by atoms with Gasteiger partial charge in [-0.1, -0.05) is 13.8 Å². The molecule has 162 valence electrons. The highest BCUT2D eigenvalue weighted by Gasteiger charge is 2.60. The number of likely N-dealkylation sites (N-methyl/N-ethyl adjacent to an activating group) is 1. The number of ketones is 1. The van der Waals surface area contributed by atoms with E-state index in [4.69, 9.17) is 0 Å². The van der Waals surface area contributed by atoms with Crippen molar-refractivity contribution in [2.75, 3.05) is 7.05 Å². The van der Waals surface area contributed by atoms with Gasteiger partial charge in [-0.05, 0) is 99.9 Å². The van der Waals surface area contributed by atoms with Crippen molar-refractivity contribution in [1.29, 1.82) is 0 Å². The Balaban J connectivity index is 1.61. The van der Waals surface area contributed by atoms with Crippen LogP contribution in [0.2, 0.25) is 0 Å². The Morgan fingerprint density at radius 1 is 1.00 bits per heavy atom. The summed E-state index contributed by atoms with van der Waals surface area (Å²) in [5.41, 5.74) is 2.44. The number of amides is 1. The Bertz CT molecular complexity index is 748. The molecule has 0 saturated heterocycles. The second-order valence-corrected chi connectivity index (χ2v) is 11.8. The van der Waals surface area contributed by atoms with Crippen molar-refractivity contribution in [2.24, 2.45) is 34.5 Å². The van der Waals surface area contributed by atoms with Gasteiger partial charge < -0.3 is 10.6 Å². The number of fused-ring (bicyclic) bond motifs is 5. The predicted molar refractivity (Wildman–Crippen MR) is 116 cm³/mol. The number of hydrogen-bond acceptors (Lipinski definition) is 3. The Morgan fingerprint density at radius 3 is 2.38 bits per heavy atom. The van der Waals surface area contributed by atoms with Crippen LogP contribution in [0.5, 0.6) is 0 Å². The molecule has 0 radical (unpaired) electrons. The van der Waals surface area contributed by atoms with Crippen LogP contribution in [0, 0.1) is 34.5 Å². The van der Waals surface area contributed by atoms with Crippen LogP contribution in [0.15, 0.2) is 11.3 Å². The molecule has 4 rings (SSSR count). The fourth-order valence-corrected chi connectivity index (χ4v) is 7.89. The SMILES string of the molecule is CNC1=C2CC[C@@H]3[C@@H](CC[C@]4(C)C(C(=O)NC(C)(C)C)CC[C@@H]34)[C@@]2(C)CCC1=O. The summed E-state index contributed by atoms with van der Waals surface area (Å²) in [7, 11) is 1.91.